The van der Waals surface area contributed by atoms with Crippen molar-refractivity contribution >= 4 is 21.4 Å². The number of nitrogens with zero attached hydrogens (tertiary/aromatic N) is 4. The van der Waals surface area contributed by atoms with E-state index in [2.05, 4.69) is 22.0 Å². The number of hydrogen-bond donors (Lipinski definition) is 0. The first-order valence-corrected chi connectivity index (χ1v) is 15.3. The number of sulfonamides is 1. The number of carbonyl (C=O) groups excluding carboxylic acids is 1. The Morgan fingerprint density at radius 1 is 1.05 bits per heavy atom. The first kappa shape index (κ1) is 26.6. The van der Waals surface area contributed by atoms with Gasteiger partial charge in [-0.3, -0.25) is 14.7 Å². The minimum absolute atomic E-state index is 0.165. The molecule has 2 aromatic carbocycles. The number of benzene rings is 2. The summed E-state index contributed by atoms with van der Waals surface area (Å²) in [4.78, 5) is 20.0. The number of fused-ring (bicyclic) bond motifs is 2. The third-order valence-corrected chi connectivity index (χ3v) is 10.4. The van der Waals surface area contributed by atoms with Gasteiger partial charge < -0.3 is 0 Å². The molecule has 0 radical (unpaired) electrons. The summed E-state index contributed by atoms with van der Waals surface area (Å²) in [5.41, 5.74) is 7.15. The van der Waals surface area contributed by atoms with Crippen molar-refractivity contribution in [1.82, 2.24) is 14.2 Å². The largest absolute Gasteiger partial charge is 0.299 e. The van der Waals surface area contributed by atoms with Gasteiger partial charge in [0, 0.05) is 44.0 Å². The van der Waals surface area contributed by atoms with Crippen molar-refractivity contribution in [3.05, 3.63) is 100 Å². The number of rotatable bonds is 7. The lowest BCUT2D eigenvalue weighted by molar-refractivity contribution is 0.0925. The first-order chi connectivity index (χ1) is 19.4. The fourth-order valence-electron chi connectivity index (χ4n) is 6.19. The number of likely N-dealkylation sites (tertiary alicyclic amines) is 1. The van der Waals surface area contributed by atoms with Gasteiger partial charge in [0.25, 0.3) is 0 Å². The van der Waals surface area contributed by atoms with Gasteiger partial charge in [-0.15, -0.1) is 0 Å². The van der Waals surface area contributed by atoms with Gasteiger partial charge in [0.2, 0.25) is 10.0 Å². The highest BCUT2D eigenvalue weighted by Gasteiger charge is 2.34. The molecule has 1 fully saturated rings. The van der Waals surface area contributed by atoms with Crippen LogP contribution in [0.2, 0.25) is 0 Å². The van der Waals surface area contributed by atoms with Gasteiger partial charge in [-0.05, 0) is 97.3 Å². The molecule has 3 heterocycles. The highest BCUT2D eigenvalue weighted by Crippen LogP contribution is 2.39. The summed E-state index contributed by atoms with van der Waals surface area (Å²) in [5.74, 6) is 0.528. The Hall–Kier alpha value is -3.64. The van der Waals surface area contributed by atoms with E-state index in [1.165, 1.54) is 27.2 Å². The van der Waals surface area contributed by atoms with Gasteiger partial charge in [-0.2, -0.15) is 9.57 Å². The second kappa shape index (κ2) is 11.1. The van der Waals surface area contributed by atoms with E-state index >= 15 is 0 Å². The van der Waals surface area contributed by atoms with Crippen molar-refractivity contribution < 1.29 is 13.2 Å². The molecule has 0 bridgehead atoms. The average Bonchev–Trinajstić information content (AvgIpc) is 3.36. The minimum atomic E-state index is -3.62. The molecule has 1 aliphatic carbocycles. The summed E-state index contributed by atoms with van der Waals surface area (Å²) in [6.07, 6.45) is 7.02. The Bertz CT molecular complexity index is 1600. The van der Waals surface area contributed by atoms with Crippen LogP contribution >= 0.6 is 0 Å². The molecule has 8 heteroatoms. The number of ketones is 1. The van der Waals surface area contributed by atoms with E-state index in [1.54, 1.807) is 18.3 Å². The lowest BCUT2D eigenvalue weighted by Gasteiger charge is -2.31. The molecular weight excluding hydrogens is 520 g/mol. The van der Waals surface area contributed by atoms with E-state index in [1.807, 2.05) is 36.4 Å². The highest BCUT2D eigenvalue weighted by molar-refractivity contribution is 7.89. The summed E-state index contributed by atoms with van der Waals surface area (Å²) >= 11 is 0. The van der Waals surface area contributed by atoms with Crippen LogP contribution in [0.3, 0.4) is 0 Å². The number of pyridine rings is 1. The molecule has 3 aliphatic rings. The molecule has 2 aliphatic heterocycles. The maximum Gasteiger partial charge on any atom is 0.244 e. The number of piperidine rings is 1. The number of Topliss-reactive ketones (excluding diaryl/α,β-unsaturated/α-hetero) is 1. The molecular formula is C32H32N4O3S. The quantitative estimate of drug-likeness (QED) is 0.389. The van der Waals surface area contributed by atoms with Crippen LogP contribution in [0.25, 0.3) is 5.57 Å². The topological polar surface area (TPSA) is 94.4 Å². The average molecular weight is 553 g/mol. The van der Waals surface area contributed by atoms with Gasteiger partial charge in [0.15, 0.2) is 5.78 Å². The molecule has 0 amide bonds. The second-order valence-corrected chi connectivity index (χ2v) is 13.0. The van der Waals surface area contributed by atoms with Crippen molar-refractivity contribution in [2.45, 2.75) is 43.5 Å². The molecule has 1 aromatic heterocycles. The lowest BCUT2D eigenvalue weighted by Crippen LogP contribution is -2.36. The summed E-state index contributed by atoms with van der Waals surface area (Å²) in [5, 5.41) is 8.99. The van der Waals surface area contributed by atoms with Crippen molar-refractivity contribution in [2.75, 3.05) is 26.2 Å². The maximum atomic E-state index is 13.3. The Kier molecular flexibility index (Phi) is 7.37. The zero-order valence-electron chi connectivity index (χ0n) is 22.4. The molecule has 204 valence electrons. The molecule has 1 saturated heterocycles. The maximum absolute atomic E-state index is 13.3. The monoisotopic (exact) mass is 552 g/mol. The molecule has 6 rings (SSSR count). The van der Waals surface area contributed by atoms with E-state index in [-0.39, 0.29) is 10.7 Å². The van der Waals surface area contributed by atoms with E-state index in [4.69, 9.17) is 5.26 Å². The van der Waals surface area contributed by atoms with Gasteiger partial charge in [-0.1, -0.05) is 29.8 Å². The molecule has 0 unspecified atom stereocenters. The third-order valence-electron chi connectivity index (χ3n) is 8.53. The van der Waals surface area contributed by atoms with Gasteiger partial charge >= 0.3 is 0 Å². The van der Waals surface area contributed by atoms with Gasteiger partial charge in [-0.25, -0.2) is 8.42 Å². The molecule has 7 nitrogen and oxygen atoms in total. The van der Waals surface area contributed by atoms with Crippen molar-refractivity contribution in [2.24, 2.45) is 5.92 Å². The van der Waals surface area contributed by atoms with E-state index in [0.29, 0.717) is 37.4 Å². The summed E-state index contributed by atoms with van der Waals surface area (Å²) < 4.78 is 28.0. The number of carbonyl (C=O) groups is 1. The summed E-state index contributed by atoms with van der Waals surface area (Å²) in [7, 11) is -3.62. The SMILES string of the molecule is N#Cc1ccc(CN2CCC(CC(=O)c3ccc4c(c3)C3=C(CCN(S(=O)(=O)c5cccnc5)C3)C4)CC2)cc1. The predicted octanol–water partition coefficient (Wildman–Crippen LogP) is 4.84. The Balaban J connectivity index is 1.08. The van der Waals surface area contributed by atoms with Crippen LogP contribution in [0.15, 0.2) is 77.5 Å². The molecule has 0 N–H and O–H groups in total. The zero-order chi connectivity index (χ0) is 27.7. The van der Waals surface area contributed by atoms with Crippen molar-refractivity contribution in [3.8, 4) is 6.07 Å². The number of hydrogen-bond acceptors (Lipinski definition) is 6. The van der Waals surface area contributed by atoms with Gasteiger partial charge in [0.1, 0.15) is 4.90 Å². The van der Waals surface area contributed by atoms with Crippen LogP contribution in [0.4, 0.5) is 0 Å². The first-order valence-electron chi connectivity index (χ1n) is 13.9. The van der Waals surface area contributed by atoms with E-state index in [0.717, 1.165) is 55.6 Å². The normalized spacial score (nSPS) is 18.3. The summed E-state index contributed by atoms with van der Waals surface area (Å²) in [6, 6.07) is 19.2. The zero-order valence-corrected chi connectivity index (χ0v) is 23.2. The second-order valence-electron chi connectivity index (χ2n) is 11.1. The number of nitriles is 1. The van der Waals surface area contributed by atoms with Crippen LogP contribution in [-0.4, -0.2) is 54.6 Å². The van der Waals surface area contributed by atoms with Gasteiger partial charge in [0.05, 0.1) is 11.6 Å². The fraction of sp³-hybridized carbons (Fsp3) is 0.344. The van der Waals surface area contributed by atoms with Crippen LogP contribution in [0.5, 0.6) is 0 Å². The van der Waals surface area contributed by atoms with E-state index in [9.17, 15) is 13.2 Å². The molecule has 3 aromatic rings. The minimum Gasteiger partial charge on any atom is -0.299 e. The molecule has 0 atom stereocenters. The van der Waals surface area contributed by atoms with Crippen LogP contribution in [0.1, 0.15) is 58.3 Å². The smallest absolute Gasteiger partial charge is 0.244 e. The molecule has 0 spiro atoms. The fourth-order valence-corrected chi connectivity index (χ4v) is 7.56. The van der Waals surface area contributed by atoms with Crippen LogP contribution in [-0.2, 0) is 23.0 Å². The summed E-state index contributed by atoms with van der Waals surface area (Å²) in [6.45, 7) is 3.57. The van der Waals surface area contributed by atoms with E-state index < -0.39 is 10.0 Å². The predicted molar refractivity (Wildman–Crippen MR) is 153 cm³/mol. The molecule has 40 heavy (non-hydrogen) atoms. The highest BCUT2D eigenvalue weighted by atomic mass is 32.2. The standard InChI is InChI=1S/C32H32N4O3S/c33-19-24-3-5-25(6-4-24)21-35-13-9-23(10-14-35)16-32(37)28-8-7-26-17-27-11-15-36(22-31(27)30(26)18-28)40(38,39)29-2-1-12-34-20-29/h1-8,12,18,20,23H,9-11,13-17,21-22H2. The Morgan fingerprint density at radius 2 is 1.85 bits per heavy atom. The number of aromatic nitrogens is 1. The Labute approximate surface area is 235 Å². The van der Waals surface area contributed by atoms with Crippen LogP contribution in [0, 0.1) is 17.2 Å². The van der Waals surface area contributed by atoms with Crippen molar-refractivity contribution in [1.29, 1.82) is 5.26 Å². The lowest BCUT2D eigenvalue weighted by atomic mass is 9.88. The molecule has 0 saturated carbocycles. The van der Waals surface area contributed by atoms with Crippen molar-refractivity contribution in [3.63, 3.8) is 0 Å². The Morgan fingerprint density at radius 3 is 2.58 bits per heavy atom. The third kappa shape index (κ3) is 5.37. The van der Waals surface area contributed by atoms with Crippen LogP contribution < -0.4 is 0 Å².